The number of amides is 1. The van der Waals surface area contributed by atoms with Crippen LogP contribution in [-0.4, -0.2) is 36.6 Å². The molecule has 0 aromatic carbocycles. The third kappa shape index (κ3) is 1.73. The number of anilines is 1. The Morgan fingerprint density at radius 1 is 1.40 bits per heavy atom. The lowest BCUT2D eigenvalue weighted by Crippen LogP contribution is -2.36. The van der Waals surface area contributed by atoms with E-state index in [0.29, 0.717) is 17.5 Å². The van der Waals surface area contributed by atoms with Crippen molar-refractivity contribution >= 4 is 11.7 Å². The predicted molar refractivity (Wildman–Crippen MR) is 76.9 cm³/mol. The molecule has 0 radical (unpaired) electrons. The number of primary amides is 1. The highest BCUT2D eigenvalue weighted by Crippen LogP contribution is 2.34. The summed E-state index contributed by atoms with van der Waals surface area (Å²) in [4.78, 5) is 18.9. The van der Waals surface area contributed by atoms with E-state index in [1.165, 1.54) is 17.7 Å². The molecule has 3 aliphatic rings. The van der Waals surface area contributed by atoms with Crippen LogP contribution in [0.3, 0.4) is 0 Å². The molecule has 20 heavy (non-hydrogen) atoms. The van der Waals surface area contributed by atoms with Gasteiger partial charge in [0.05, 0.1) is 5.56 Å². The first-order chi connectivity index (χ1) is 9.74. The van der Waals surface area contributed by atoms with E-state index < -0.39 is 0 Å². The summed E-state index contributed by atoms with van der Waals surface area (Å²) in [5.74, 6) is 1.16. The van der Waals surface area contributed by atoms with Crippen molar-refractivity contribution in [3.8, 4) is 0 Å². The first-order valence-electron chi connectivity index (χ1n) is 7.54. The molecule has 2 saturated heterocycles. The highest BCUT2D eigenvalue weighted by molar-refractivity contribution is 5.98. The van der Waals surface area contributed by atoms with Crippen LogP contribution < -0.4 is 16.0 Å². The lowest BCUT2D eigenvalue weighted by molar-refractivity contribution is 0.100. The van der Waals surface area contributed by atoms with E-state index in [1.807, 2.05) is 6.07 Å². The number of hydrogen-bond acceptors (Lipinski definition) is 4. The van der Waals surface area contributed by atoms with Gasteiger partial charge in [0, 0.05) is 31.4 Å². The maximum absolute atomic E-state index is 11.8. The monoisotopic (exact) mass is 272 g/mol. The van der Waals surface area contributed by atoms with Crippen LogP contribution in [0.1, 0.15) is 34.5 Å². The number of fused-ring (bicyclic) bond motifs is 2. The van der Waals surface area contributed by atoms with Crippen LogP contribution in [0, 0.1) is 5.92 Å². The van der Waals surface area contributed by atoms with Gasteiger partial charge in [-0.05, 0) is 43.2 Å². The van der Waals surface area contributed by atoms with Gasteiger partial charge in [0.1, 0.15) is 5.82 Å². The zero-order chi connectivity index (χ0) is 13.7. The van der Waals surface area contributed by atoms with E-state index in [1.54, 1.807) is 0 Å². The fourth-order valence-corrected chi connectivity index (χ4v) is 3.97. The Morgan fingerprint density at radius 2 is 2.30 bits per heavy atom. The molecular formula is C15H20N4O. The number of nitrogens with one attached hydrogen (secondary N) is 1. The second-order valence-electron chi connectivity index (χ2n) is 6.15. The molecule has 3 N–H and O–H groups in total. The minimum absolute atomic E-state index is 0.350. The van der Waals surface area contributed by atoms with Crippen LogP contribution in [0.2, 0.25) is 0 Å². The zero-order valence-electron chi connectivity index (χ0n) is 11.6. The van der Waals surface area contributed by atoms with Crippen molar-refractivity contribution in [2.24, 2.45) is 11.7 Å². The Kier molecular flexibility index (Phi) is 2.70. The van der Waals surface area contributed by atoms with Crippen LogP contribution in [0.5, 0.6) is 0 Å². The molecule has 1 aliphatic carbocycles. The first kappa shape index (κ1) is 12.1. The van der Waals surface area contributed by atoms with Gasteiger partial charge in [-0.2, -0.15) is 0 Å². The summed E-state index contributed by atoms with van der Waals surface area (Å²) in [5.41, 5.74) is 8.58. The number of aromatic nitrogens is 1. The Bertz CT molecular complexity index is 571. The molecule has 2 atom stereocenters. The molecule has 4 rings (SSSR count). The summed E-state index contributed by atoms with van der Waals surface area (Å²) in [6.07, 6.45) is 4.37. The topological polar surface area (TPSA) is 71.2 Å². The molecular weight excluding hydrogens is 252 g/mol. The van der Waals surface area contributed by atoms with Crippen LogP contribution in [0.25, 0.3) is 0 Å². The van der Waals surface area contributed by atoms with Gasteiger partial charge < -0.3 is 16.0 Å². The van der Waals surface area contributed by atoms with Crippen LogP contribution in [0.4, 0.5) is 5.82 Å². The molecule has 2 fully saturated rings. The maximum atomic E-state index is 11.8. The molecule has 0 unspecified atom stereocenters. The highest BCUT2D eigenvalue weighted by atomic mass is 16.1. The summed E-state index contributed by atoms with van der Waals surface area (Å²) in [5, 5.41) is 3.44. The smallest absolute Gasteiger partial charge is 0.252 e. The summed E-state index contributed by atoms with van der Waals surface area (Å²) in [6, 6.07) is 2.46. The number of aryl methyl sites for hydroxylation is 2. The summed E-state index contributed by atoms with van der Waals surface area (Å²) in [6.45, 7) is 3.06. The SMILES string of the molecule is NC(=O)c1cc2c(nc1N1CC[C@H]3CNC[C@H]31)CCC2. The lowest BCUT2D eigenvalue weighted by Gasteiger charge is -2.26. The molecule has 0 bridgehead atoms. The van der Waals surface area contributed by atoms with Gasteiger partial charge in [-0.15, -0.1) is 0 Å². The Labute approximate surface area is 118 Å². The number of rotatable bonds is 2. The average molecular weight is 272 g/mol. The molecule has 1 aromatic heterocycles. The molecule has 106 valence electrons. The van der Waals surface area contributed by atoms with E-state index in [9.17, 15) is 4.79 Å². The third-order valence-electron chi connectivity index (χ3n) is 5.01. The van der Waals surface area contributed by atoms with Crippen molar-refractivity contribution < 1.29 is 4.79 Å². The minimum Gasteiger partial charge on any atom is -0.365 e. The standard InChI is InChI=1S/C15H20N4O/c16-14(20)11-6-9-2-1-3-12(9)18-15(11)19-5-4-10-7-17-8-13(10)19/h6,10,13,17H,1-5,7-8H2,(H2,16,20)/t10-,13+/m0/s1. The van der Waals surface area contributed by atoms with Gasteiger partial charge in [-0.25, -0.2) is 4.98 Å². The number of pyridine rings is 1. The number of carbonyl (C=O) groups is 1. The average Bonchev–Trinajstić information content (AvgIpc) is 3.12. The highest BCUT2D eigenvalue weighted by Gasteiger charge is 2.39. The van der Waals surface area contributed by atoms with Gasteiger partial charge in [0.2, 0.25) is 0 Å². The van der Waals surface area contributed by atoms with Gasteiger partial charge >= 0.3 is 0 Å². The predicted octanol–water partition coefficient (Wildman–Crippen LogP) is 0.467. The van der Waals surface area contributed by atoms with Gasteiger partial charge in [0.25, 0.3) is 5.91 Å². The summed E-state index contributed by atoms with van der Waals surface area (Å²) < 4.78 is 0. The summed E-state index contributed by atoms with van der Waals surface area (Å²) >= 11 is 0. The zero-order valence-corrected chi connectivity index (χ0v) is 11.6. The van der Waals surface area contributed by atoms with Crippen LogP contribution in [-0.2, 0) is 12.8 Å². The fraction of sp³-hybridized carbons (Fsp3) is 0.600. The molecule has 0 spiro atoms. The second kappa shape index (κ2) is 4.45. The van der Waals surface area contributed by atoms with Gasteiger partial charge in [-0.3, -0.25) is 4.79 Å². The molecule has 0 saturated carbocycles. The fourth-order valence-electron chi connectivity index (χ4n) is 3.97. The van der Waals surface area contributed by atoms with E-state index in [-0.39, 0.29) is 5.91 Å². The number of hydrogen-bond donors (Lipinski definition) is 2. The van der Waals surface area contributed by atoms with Gasteiger partial charge in [0.15, 0.2) is 0 Å². The van der Waals surface area contributed by atoms with Crippen LogP contribution in [0.15, 0.2) is 6.07 Å². The second-order valence-corrected chi connectivity index (χ2v) is 6.15. The Morgan fingerprint density at radius 3 is 3.15 bits per heavy atom. The summed E-state index contributed by atoms with van der Waals surface area (Å²) in [7, 11) is 0. The van der Waals surface area contributed by atoms with E-state index >= 15 is 0 Å². The molecule has 5 nitrogen and oxygen atoms in total. The first-order valence-corrected chi connectivity index (χ1v) is 7.54. The van der Waals surface area contributed by atoms with Crippen molar-refractivity contribution in [3.05, 3.63) is 22.9 Å². The number of carbonyl (C=O) groups excluding carboxylic acids is 1. The normalized spacial score (nSPS) is 27.7. The molecule has 2 aliphatic heterocycles. The molecule has 1 aromatic rings. The minimum atomic E-state index is -0.350. The van der Waals surface area contributed by atoms with Crippen molar-refractivity contribution in [2.75, 3.05) is 24.5 Å². The van der Waals surface area contributed by atoms with E-state index in [2.05, 4.69) is 10.2 Å². The van der Waals surface area contributed by atoms with Gasteiger partial charge in [-0.1, -0.05) is 0 Å². The van der Waals surface area contributed by atoms with E-state index in [4.69, 9.17) is 10.7 Å². The lowest BCUT2D eigenvalue weighted by atomic mass is 10.0. The van der Waals surface area contributed by atoms with Crippen molar-refractivity contribution in [3.63, 3.8) is 0 Å². The van der Waals surface area contributed by atoms with Crippen LogP contribution >= 0.6 is 0 Å². The maximum Gasteiger partial charge on any atom is 0.252 e. The van der Waals surface area contributed by atoms with Crippen molar-refractivity contribution in [2.45, 2.75) is 31.7 Å². The quantitative estimate of drug-likeness (QED) is 0.821. The Balaban J connectivity index is 1.78. The largest absolute Gasteiger partial charge is 0.365 e. The Hall–Kier alpha value is -1.62. The third-order valence-corrected chi connectivity index (χ3v) is 5.01. The van der Waals surface area contributed by atoms with Crippen molar-refractivity contribution in [1.82, 2.24) is 10.3 Å². The number of nitrogens with two attached hydrogens (primary N) is 1. The molecule has 3 heterocycles. The van der Waals surface area contributed by atoms with Crippen molar-refractivity contribution in [1.29, 1.82) is 0 Å². The molecule has 5 heteroatoms. The number of nitrogens with zero attached hydrogens (tertiary/aromatic N) is 2. The molecule has 1 amide bonds. The van der Waals surface area contributed by atoms with E-state index in [0.717, 1.165) is 44.7 Å².